The van der Waals surface area contributed by atoms with Gasteiger partial charge in [-0.1, -0.05) is 6.92 Å². The highest BCUT2D eigenvalue weighted by atomic mass is 35.5. The van der Waals surface area contributed by atoms with Crippen molar-refractivity contribution in [2.24, 2.45) is 0 Å². The summed E-state index contributed by atoms with van der Waals surface area (Å²) in [6.45, 7) is 2.71. The Kier molecular flexibility index (Phi) is 7.10. The maximum atomic E-state index is 11.7. The van der Waals surface area contributed by atoms with Crippen LogP contribution < -0.4 is 5.09 Å². The molecule has 0 aliphatic carbocycles. The smallest absolute Gasteiger partial charge is 0.294 e. The Balaban J connectivity index is 3.90. The summed E-state index contributed by atoms with van der Waals surface area (Å²) in [5.41, 5.74) is 0. The molecule has 0 heterocycles. The van der Waals surface area contributed by atoms with E-state index < -0.39 is 7.52 Å². The molecular formula is C6H15ClNO3P. The zero-order chi connectivity index (χ0) is 9.45. The van der Waals surface area contributed by atoms with E-state index in [1.165, 1.54) is 7.11 Å². The Morgan fingerprint density at radius 1 is 1.58 bits per heavy atom. The molecule has 0 aromatic heterocycles. The standard InChI is InChI=1S/C6H15ClNO3P/c1-3-8-12(9,6-10-2)11-5-4-7/h3-6H2,1-2H3,(H,8,9). The van der Waals surface area contributed by atoms with Crippen molar-refractivity contribution in [1.82, 2.24) is 5.09 Å². The minimum absolute atomic E-state index is 0.0811. The van der Waals surface area contributed by atoms with Gasteiger partial charge in [0.05, 0.1) is 6.61 Å². The Bertz CT molecular complexity index is 146. The first-order chi connectivity index (χ1) is 5.68. The van der Waals surface area contributed by atoms with Crippen molar-refractivity contribution in [3.63, 3.8) is 0 Å². The molecule has 74 valence electrons. The van der Waals surface area contributed by atoms with Crippen LogP contribution in [0.5, 0.6) is 0 Å². The van der Waals surface area contributed by atoms with Gasteiger partial charge in [-0.15, -0.1) is 11.6 Å². The third-order valence-corrected chi connectivity index (χ3v) is 3.23. The molecule has 0 radical (unpaired) electrons. The third kappa shape index (κ3) is 5.12. The molecule has 0 aromatic carbocycles. The van der Waals surface area contributed by atoms with E-state index in [1.807, 2.05) is 6.92 Å². The molecule has 0 aromatic rings. The second-order valence-electron chi connectivity index (χ2n) is 2.13. The fourth-order valence-electron chi connectivity index (χ4n) is 0.721. The molecule has 12 heavy (non-hydrogen) atoms. The molecular weight excluding hydrogens is 200 g/mol. The van der Waals surface area contributed by atoms with Gasteiger partial charge in [0.2, 0.25) is 0 Å². The summed E-state index contributed by atoms with van der Waals surface area (Å²) in [5, 5.41) is 2.74. The number of methoxy groups -OCH3 is 1. The lowest BCUT2D eigenvalue weighted by Gasteiger charge is -2.16. The quantitative estimate of drug-likeness (QED) is 0.518. The Morgan fingerprint density at radius 3 is 2.67 bits per heavy atom. The van der Waals surface area contributed by atoms with E-state index >= 15 is 0 Å². The van der Waals surface area contributed by atoms with Gasteiger partial charge in [0.15, 0.2) is 0 Å². The van der Waals surface area contributed by atoms with E-state index in [1.54, 1.807) is 0 Å². The SMILES string of the molecule is CCNP(=O)(COC)OCCCl. The number of hydrogen-bond acceptors (Lipinski definition) is 3. The van der Waals surface area contributed by atoms with Gasteiger partial charge >= 0.3 is 0 Å². The lowest BCUT2D eigenvalue weighted by Crippen LogP contribution is -2.16. The number of ether oxygens (including phenoxy) is 1. The van der Waals surface area contributed by atoms with Crippen LogP contribution in [0.25, 0.3) is 0 Å². The van der Waals surface area contributed by atoms with Crippen LogP contribution >= 0.6 is 19.1 Å². The van der Waals surface area contributed by atoms with Crippen LogP contribution in [0.3, 0.4) is 0 Å². The zero-order valence-corrected chi connectivity index (χ0v) is 9.03. The minimum Gasteiger partial charge on any atom is -0.373 e. The van der Waals surface area contributed by atoms with Crippen LogP contribution in [0.2, 0.25) is 0 Å². The molecule has 0 spiro atoms. The van der Waals surface area contributed by atoms with Crippen LogP contribution in [-0.2, 0) is 13.8 Å². The summed E-state index contributed by atoms with van der Waals surface area (Å²) in [6, 6.07) is 0. The second-order valence-corrected chi connectivity index (χ2v) is 4.68. The van der Waals surface area contributed by atoms with Crippen molar-refractivity contribution in [1.29, 1.82) is 0 Å². The van der Waals surface area contributed by atoms with Gasteiger partial charge in [-0.25, -0.2) is 5.09 Å². The second kappa shape index (κ2) is 6.87. The summed E-state index contributed by atoms with van der Waals surface area (Å²) < 4.78 is 21.5. The molecule has 0 aliphatic heterocycles. The summed E-state index contributed by atoms with van der Waals surface area (Å²) in [7, 11) is -1.31. The van der Waals surface area contributed by atoms with Crippen LogP contribution in [0, 0.1) is 0 Å². The first kappa shape index (κ1) is 12.4. The van der Waals surface area contributed by atoms with E-state index in [-0.39, 0.29) is 13.0 Å². The van der Waals surface area contributed by atoms with Gasteiger partial charge in [-0.2, -0.15) is 0 Å². The van der Waals surface area contributed by atoms with Gasteiger partial charge < -0.3 is 9.26 Å². The fourth-order valence-corrected chi connectivity index (χ4v) is 2.37. The van der Waals surface area contributed by atoms with E-state index in [2.05, 4.69) is 5.09 Å². The number of halogens is 1. The van der Waals surface area contributed by atoms with Gasteiger partial charge in [-0.3, -0.25) is 4.57 Å². The molecule has 1 N–H and O–H groups in total. The molecule has 1 unspecified atom stereocenters. The number of rotatable bonds is 7. The van der Waals surface area contributed by atoms with Crippen molar-refractivity contribution in [2.45, 2.75) is 6.92 Å². The molecule has 4 nitrogen and oxygen atoms in total. The Morgan fingerprint density at radius 2 is 2.25 bits per heavy atom. The molecule has 1 atom stereocenters. The first-order valence-electron chi connectivity index (χ1n) is 3.72. The molecule has 0 aliphatic rings. The van der Waals surface area contributed by atoms with Crippen LogP contribution in [0.4, 0.5) is 0 Å². The predicted molar refractivity (Wildman–Crippen MR) is 49.8 cm³/mol. The highest BCUT2D eigenvalue weighted by molar-refractivity contribution is 7.56. The van der Waals surface area contributed by atoms with Crippen LogP contribution in [0.1, 0.15) is 6.92 Å². The van der Waals surface area contributed by atoms with Gasteiger partial charge in [0, 0.05) is 19.5 Å². The molecule has 0 fully saturated rings. The topological polar surface area (TPSA) is 47.6 Å². The highest BCUT2D eigenvalue weighted by Crippen LogP contribution is 2.41. The highest BCUT2D eigenvalue weighted by Gasteiger charge is 2.20. The first-order valence-corrected chi connectivity index (χ1v) is 6.06. The largest absolute Gasteiger partial charge is 0.373 e. The Labute approximate surface area is 78.1 Å². The number of hydrogen-bond donors (Lipinski definition) is 1. The van der Waals surface area contributed by atoms with Gasteiger partial charge in [0.25, 0.3) is 7.52 Å². The normalized spacial score (nSPS) is 15.9. The van der Waals surface area contributed by atoms with Gasteiger partial charge in [-0.05, 0) is 0 Å². The van der Waals surface area contributed by atoms with Gasteiger partial charge in [0.1, 0.15) is 6.35 Å². The van der Waals surface area contributed by atoms with Crippen molar-refractivity contribution in [2.75, 3.05) is 32.5 Å². The predicted octanol–water partition coefficient (Wildman–Crippen LogP) is 1.65. The molecule has 0 saturated heterocycles. The molecule has 6 heteroatoms. The van der Waals surface area contributed by atoms with E-state index in [9.17, 15) is 4.57 Å². The average molecular weight is 216 g/mol. The van der Waals surface area contributed by atoms with Crippen molar-refractivity contribution < 1.29 is 13.8 Å². The Hall–Kier alpha value is 0.400. The fraction of sp³-hybridized carbons (Fsp3) is 1.00. The molecule has 0 saturated carbocycles. The van der Waals surface area contributed by atoms with E-state index in [4.69, 9.17) is 20.9 Å². The van der Waals surface area contributed by atoms with Crippen LogP contribution in [0.15, 0.2) is 0 Å². The summed E-state index contributed by atoms with van der Waals surface area (Å²) >= 11 is 5.39. The summed E-state index contributed by atoms with van der Waals surface area (Å²) in [5.74, 6) is 0.332. The van der Waals surface area contributed by atoms with Crippen molar-refractivity contribution >= 4 is 19.1 Å². The molecule has 0 amide bonds. The van der Waals surface area contributed by atoms with Crippen molar-refractivity contribution in [3.05, 3.63) is 0 Å². The van der Waals surface area contributed by atoms with E-state index in [0.29, 0.717) is 12.4 Å². The van der Waals surface area contributed by atoms with E-state index in [0.717, 1.165) is 0 Å². The number of alkyl halides is 1. The molecule has 0 rings (SSSR count). The third-order valence-electron chi connectivity index (χ3n) is 1.08. The number of nitrogens with one attached hydrogen (secondary N) is 1. The maximum absolute atomic E-state index is 11.7. The molecule has 0 bridgehead atoms. The van der Waals surface area contributed by atoms with Crippen molar-refractivity contribution in [3.8, 4) is 0 Å². The lowest BCUT2D eigenvalue weighted by atomic mass is 10.8. The minimum atomic E-state index is -2.79. The summed E-state index contributed by atoms with van der Waals surface area (Å²) in [4.78, 5) is 0. The van der Waals surface area contributed by atoms with Crippen LogP contribution in [-0.4, -0.2) is 32.5 Å². The summed E-state index contributed by atoms with van der Waals surface area (Å²) in [6.07, 6.45) is 0.0811. The maximum Gasteiger partial charge on any atom is 0.294 e. The zero-order valence-electron chi connectivity index (χ0n) is 7.38. The lowest BCUT2D eigenvalue weighted by molar-refractivity contribution is 0.219. The monoisotopic (exact) mass is 215 g/mol. The average Bonchev–Trinajstić information content (AvgIpc) is 2.02.